The Balaban J connectivity index is 1.73. The van der Waals surface area contributed by atoms with Gasteiger partial charge in [-0.15, -0.1) is 0 Å². The summed E-state index contributed by atoms with van der Waals surface area (Å²) in [4.78, 5) is 12.4. The number of guanidine groups is 1. The van der Waals surface area contributed by atoms with Crippen LogP contribution in [0.5, 0.6) is 0 Å². The van der Waals surface area contributed by atoms with Crippen molar-refractivity contribution in [2.45, 2.75) is 38.9 Å². The topological polar surface area (TPSA) is 55.8 Å². The van der Waals surface area contributed by atoms with E-state index in [1.165, 1.54) is 11.8 Å². The number of piperazine rings is 1. The van der Waals surface area contributed by atoms with Crippen molar-refractivity contribution in [1.29, 1.82) is 0 Å². The lowest BCUT2D eigenvalue weighted by Crippen LogP contribution is -2.56. The maximum absolute atomic E-state index is 12.9. The molecular formula is C19H31F3N6. The molecule has 2 heterocycles. The lowest BCUT2D eigenvalue weighted by atomic mass is 10.2. The van der Waals surface area contributed by atoms with Gasteiger partial charge in [-0.3, -0.25) is 9.89 Å². The smallest absolute Gasteiger partial charge is 0.370 e. The maximum Gasteiger partial charge on any atom is 0.403 e. The third kappa shape index (κ3) is 7.18. The van der Waals surface area contributed by atoms with Crippen molar-refractivity contribution < 1.29 is 13.2 Å². The predicted molar refractivity (Wildman–Crippen MR) is 107 cm³/mol. The lowest BCUT2D eigenvalue weighted by Gasteiger charge is -2.39. The van der Waals surface area contributed by atoms with E-state index < -0.39 is 12.2 Å². The molecule has 0 aromatic carbocycles. The number of alkyl halides is 3. The third-order valence-electron chi connectivity index (χ3n) is 4.79. The van der Waals surface area contributed by atoms with Crippen LogP contribution in [0.3, 0.4) is 0 Å². The number of pyridine rings is 1. The van der Waals surface area contributed by atoms with E-state index in [-0.39, 0.29) is 0 Å². The SMILES string of the molecule is CCNC(=NCCCCNc1ccccn1)N1CCN(C(C)C(F)(F)F)CC1. The number of anilines is 1. The van der Waals surface area contributed by atoms with Crippen molar-refractivity contribution in [1.82, 2.24) is 20.1 Å². The Labute approximate surface area is 165 Å². The first-order valence-corrected chi connectivity index (χ1v) is 9.90. The summed E-state index contributed by atoms with van der Waals surface area (Å²) in [6, 6.07) is 4.35. The quantitative estimate of drug-likeness (QED) is 0.399. The van der Waals surface area contributed by atoms with E-state index in [0.29, 0.717) is 32.7 Å². The molecule has 1 aromatic heterocycles. The van der Waals surface area contributed by atoms with Crippen molar-refractivity contribution in [3.8, 4) is 0 Å². The van der Waals surface area contributed by atoms with Gasteiger partial charge in [0.05, 0.1) is 0 Å². The van der Waals surface area contributed by atoms with Gasteiger partial charge >= 0.3 is 6.18 Å². The Hall–Kier alpha value is -2.03. The van der Waals surface area contributed by atoms with Gasteiger partial charge in [-0.2, -0.15) is 13.2 Å². The summed E-state index contributed by atoms with van der Waals surface area (Å²) in [5, 5.41) is 6.52. The van der Waals surface area contributed by atoms with E-state index in [4.69, 9.17) is 0 Å². The van der Waals surface area contributed by atoms with Gasteiger partial charge in [-0.1, -0.05) is 6.07 Å². The molecule has 9 heteroatoms. The van der Waals surface area contributed by atoms with Crippen LogP contribution in [0.1, 0.15) is 26.7 Å². The van der Waals surface area contributed by atoms with Gasteiger partial charge < -0.3 is 15.5 Å². The first-order valence-electron chi connectivity index (χ1n) is 9.90. The zero-order chi connectivity index (χ0) is 20.4. The standard InChI is InChI=1S/C19H31F3N6/c1-3-23-18(26-11-7-6-10-25-17-8-4-5-9-24-17)28-14-12-27(13-15-28)16(2)19(20,21)22/h4-5,8-9,16H,3,6-7,10-15H2,1-2H3,(H,23,26)(H,24,25). The van der Waals surface area contributed by atoms with Crippen LogP contribution in [0, 0.1) is 0 Å². The van der Waals surface area contributed by atoms with Crippen LogP contribution in [0.25, 0.3) is 0 Å². The Morgan fingerprint density at radius 1 is 1.21 bits per heavy atom. The normalized spacial score (nSPS) is 17.5. The third-order valence-corrected chi connectivity index (χ3v) is 4.79. The molecule has 1 aliphatic heterocycles. The van der Waals surface area contributed by atoms with Crippen molar-refractivity contribution in [3.05, 3.63) is 24.4 Å². The van der Waals surface area contributed by atoms with Crippen LogP contribution in [0.4, 0.5) is 19.0 Å². The molecule has 0 bridgehead atoms. The van der Waals surface area contributed by atoms with Crippen LogP contribution < -0.4 is 10.6 Å². The van der Waals surface area contributed by atoms with E-state index in [2.05, 4.69) is 25.5 Å². The summed E-state index contributed by atoms with van der Waals surface area (Å²) in [5.74, 6) is 1.66. The molecular weight excluding hydrogens is 369 g/mol. The number of nitrogens with one attached hydrogen (secondary N) is 2. The average Bonchev–Trinajstić information content (AvgIpc) is 2.69. The van der Waals surface area contributed by atoms with Crippen molar-refractivity contribution in [2.24, 2.45) is 4.99 Å². The van der Waals surface area contributed by atoms with Gasteiger partial charge in [0.25, 0.3) is 0 Å². The number of aliphatic imine (C=N–C) groups is 1. The molecule has 6 nitrogen and oxygen atoms in total. The predicted octanol–water partition coefficient (Wildman–Crippen LogP) is 2.81. The lowest BCUT2D eigenvalue weighted by molar-refractivity contribution is -0.181. The molecule has 0 saturated carbocycles. The van der Waals surface area contributed by atoms with E-state index in [0.717, 1.165) is 37.7 Å². The van der Waals surface area contributed by atoms with Crippen LogP contribution in [-0.4, -0.2) is 78.8 Å². The Morgan fingerprint density at radius 2 is 1.96 bits per heavy atom. The molecule has 2 rings (SSSR count). The minimum absolute atomic E-state index is 0.388. The van der Waals surface area contributed by atoms with Gasteiger partial charge in [-0.05, 0) is 38.8 Å². The molecule has 2 N–H and O–H groups in total. The highest BCUT2D eigenvalue weighted by atomic mass is 19.4. The Morgan fingerprint density at radius 3 is 2.57 bits per heavy atom. The first-order chi connectivity index (χ1) is 13.4. The first kappa shape index (κ1) is 22.3. The molecule has 28 heavy (non-hydrogen) atoms. The fraction of sp³-hybridized carbons (Fsp3) is 0.684. The molecule has 1 saturated heterocycles. The molecule has 0 spiro atoms. The van der Waals surface area contributed by atoms with E-state index in [9.17, 15) is 13.2 Å². The molecule has 158 valence electrons. The zero-order valence-corrected chi connectivity index (χ0v) is 16.7. The van der Waals surface area contributed by atoms with Gasteiger partial charge in [0, 0.05) is 52.0 Å². The number of halogens is 3. The molecule has 0 aliphatic carbocycles. The average molecular weight is 400 g/mol. The number of hydrogen-bond acceptors (Lipinski definition) is 4. The maximum atomic E-state index is 12.9. The van der Waals surface area contributed by atoms with E-state index in [1.54, 1.807) is 6.20 Å². The Bertz CT molecular complexity index is 585. The number of aromatic nitrogens is 1. The molecule has 0 radical (unpaired) electrons. The van der Waals surface area contributed by atoms with Crippen molar-refractivity contribution in [3.63, 3.8) is 0 Å². The van der Waals surface area contributed by atoms with E-state index in [1.807, 2.05) is 25.1 Å². The summed E-state index contributed by atoms with van der Waals surface area (Å²) >= 11 is 0. The number of nitrogens with zero attached hydrogens (tertiary/aromatic N) is 4. The fourth-order valence-corrected chi connectivity index (χ4v) is 3.06. The number of unbranched alkanes of at least 4 members (excludes halogenated alkanes) is 1. The minimum atomic E-state index is -4.18. The van der Waals surface area contributed by atoms with Crippen LogP contribution in [0.15, 0.2) is 29.4 Å². The molecule has 1 aromatic rings. The molecule has 1 unspecified atom stereocenters. The highest BCUT2D eigenvalue weighted by molar-refractivity contribution is 5.80. The fourth-order valence-electron chi connectivity index (χ4n) is 3.06. The summed E-state index contributed by atoms with van der Waals surface area (Å²) < 4.78 is 38.7. The molecule has 1 aliphatic rings. The van der Waals surface area contributed by atoms with Crippen LogP contribution in [-0.2, 0) is 0 Å². The second-order valence-electron chi connectivity index (χ2n) is 6.83. The van der Waals surface area contributed by atoms with Gasteiger partial charge in [0.1, 0.15) is 11.9 Å². The van der Waals surface area contributed by atoms with Crippen molar-refractivity contribution >= 4 is 11.8 Å². The monoisotopic (exact) mass is 400 g/mol. The highest BCUT2D eigenvalue weighted by Crippen LogP contribution is 2.25. The Kier molecular flexibility index (Phi) is 8.82. The van der Waals surface area contributed by atoms with Gasteiger partial charge in [0.2, 0.25) is 0 Å². The molecule has 1 fully saturated rings. The van der Waals surface area contributed by atoms with Crippen LogP contribution in [0.2, 0.25) is 0 Å². The number of rotatable bonds is 8. The number of hydrogen-bond donors (Lipinski definition) is 2. The van der Waals surface area contributed by atoms with E-state index >= 15 is 0 Å². The van der Waals surface area contributed by atoms with Gasteiger partial charge in [0.15, 0.2) is 5.96 Å². The second-order valence-corrected chi connectivity index (χ2v) is 6.83. The summed E-state index contributed by atoms with van der Waals surface area (Å²) in [6.07, 6.45) is -0.523. The molecule has 0 amide bonds. The summed E-state index contributed by atoms with van der Waals surface area (Å²) in [6.45, 7) is 7.35. The summed E-state index contributed by atoms with van der Waals surface area (Å²) in [7, 11) is 0. The van der Waals surface area contributed by atoms with Gasteiger partial charge in [-0.25, -0.2) is 4.98 Å². The largest absolute Gasteiger partial charge is 0.403 e. The zero-order valence-electron chi connectivity index (χ0n) is 16.7. The highest BCUT2D eigenvalue weighted by Gasteiger charge is 2.41. The minimum Gasteiger partial charge on any atom is -0.370 e. The summed E-state index contributed by atoms with van der Waals surface area (Å²) in [5.41, 5.74) is 0. The van der Waals surface area contributed by atoms with Crippen LogP contribution >= 0.6 is 0 Å². The van der Waals surface area contributed by atoms with Crippen molar-refractivity contribution in [2.75, 3.05) is 51.1 Å². The second kappa shape index (κ2) is 11.1. The molecule has 1 atom stereocenters.